The topological polar surface area (TPSA) is 214 Å². The second kappa shape index (κ2) is 12.5. The number of amides is 1. The molecule has 0 spiro atoms. The van der Waals surface area contributed by atoms with Gasteiger partial charge in [-0.3, -0.25) is 15.0 Å². The molecule has 0 unspecified atom stereocenters. The second-order valence-electron chi connectivity index (χ2n) is 9.11. The number of carbonyl (C=O) groups is 3. The second-order valence-corrected chi connectivity index (χ2v) is 9.11. The van der Waals surface area contributed by atoms with Crippen molar-refractivity contribution in [2.45, 2.75) is 50.2 Å². The lowest BCUT2D eigenvalue weighted by atomic mass is 9.92. The highest BCUT2D eigenvalue weighted by molar-refractivity contribution is 5.87. The van der Waals surface area contributed by atoms with Crippen molar-refractivity contribution >= 4 is 34.6 Å². The number of esters is 1. The van der Waals surface area contributed by atoms with E-state index in [4.69, 9.17) is 25.4 Å². The quantitative estimate of drug-likeness (QED) is 0.119. The van der Waals surface area contributed by atoms with Crippen LogP contribution in [-0.4, -0.2) is 83.2 Å². The normalized spacial score (nSPS) is 20.9. The van der Waals surface area contributed by atoms with E-state index in [9.17, 15) is 29.7 Å². The van der Waals surface area contributed by atoms with Crippen molar-refractivity contribution in [1.29, 1.82) is 5.41 Å². The van der Waals surface area contributed by atoms with Crippen LogP contribution >= 0.6 is 0 Å². The van der Waals surface area contributed by atoms with Crippen molar-refractivity contribution in [3.8, 4) is 5.75 Å². The summed E-state index contributed by atoms with van der Waals surface area (Å²) in [6.07, 6.45) is -3.93. The zero-order chi connectivity index (χ0) is 28.9. The zero-order valence-corrected chi connectivity index (χ0v) is 21.6. The molecule has 6 atom stereocenters. The number of benzene rings is 2. The average Bonchev–Trinajstić information content (AvgIpc) is 2.90. The average molecular weight is 545 g/mol. The Kier molecular flexibility index (Phi) is 9.33. The Labute approximate surface area is 224 Å². The summed E-state index contributed by atoms with van der Waals surface area (Å²) >= 11 is 0. The molecule has 8 N–H and O–H groups in total. The van der Waals surface area contributed by atoms with Crippen LogP contribution < -0.4 is 21.1 Å². The fraction of sp³-hybridized carbons (Fsp3) is 0.385. The number of hydrogen-bond acceptors (Lipinski definition) is 9. The van der Waals surface area contributed by atoms with Crippen LogP contribution in [0.1, 0.15) is 25.3 Å². The first-order valence-electron chi connectivity index (χ1n) is 12.0. The number of carbonyl (C=O) groups excluding carboxylic acids is 2. The molecule has 0 saturated heterocycles. The lowest BCUT2D eigenvalue weighted by Crippen LogP contribution is -2.64. The minimum Gasteiger partial charge on any atom is -0.497 e. The molecule has 13 heteroatoms. The maximum Gasteiger partial charge on any atom is 0.370 e. The highest BCUT2D eigenvalue weighted by atomic mass is 16.6. The van der Waals surface area contributed by atoms with E-state index in [1.165, 1.54) is 6.92 Å². The number of carboxylic acid groups (broad SMARTS) is 1. The number of aliphatic hydroxyl groups is 2. The number of fused-ring (bicyclic) bond motifs is 1. The van der Waals surface area contributed by atoms with Gasteiger partial charge in [0.25, 0.3) is 0 Å². The summed E-state index contributed by atoms with van der Waals surface area (Å²) in [4.78, 5) is 36.1. The van der Waals surface area contributed by atoms with Gasteiger partial charge in [0.2, 0.25) is 11.7 Å². The predicted molar refractivity (Wildman–Crippen MR) is 139 cm³/mol. The van der Waals surface area contributed by atoms with E-state index in [2.05, 4.69) is 10.6 Å². The molecule has 3 rings (SSSR count). The highest BCUT2D eigenvalue weighted by Crippen LogP contribution is 2.27. The Hall–Kier alpha value is -4.36. The Morgan fingerprint density at radius 3 is 2.41 bits per heavy atom. The SMILES string of the molecule is COc1ccc2cc([C@H](C)C(=O)OC[C@@H](O)[C@@H](O)[C@@H]3OC(C(=O)O)=C[C@H](NC(=N)N)[C@H]3NC(C)=O)ccc2c1. The third-order valence-electron chi connectivity index (χ3n) is 6.29. The Bertz CT molecular complexity index is 1280. The Morgan fingerprint density at radius 2 is 1.79 bits per heavy atom. The molecule has 2 aromatic rings. The van der Waals surface area contributed by atoms with E-state index in [1.54, 1.807) is 26.2 Å². The summed E-state index contributed by atoms with van der Waals surface area (Å²) in [7, 11) is 1.57. The van der Waals surface area contributed by atoms with E-state index in [-0.39, 0.29) is 0 Å². The van der Waals surface area contributed by atoms with Crippen LogP contribution in [0, 0.1) is 5.41 Å². The lowest BCUT2D eigenvalue weighted by Gasteiger charge is -2.40. The number of methoxy groups -OCH3 is 1. The van der Waals surface area contributed by atoms with Crippen LogP contribution in [0.5, 0.6) is 5.75 Å². The first-order chi connectivity index (χ1) is 18.4. The molecule has 0 bridgehead atoms. The van der Waals surface area contributed by atoms with Crippen molar-refractivity contribution in [1.82, 2.24) is 10.6 Å². The van der Waals surface area contributed by atoms with Gasteiger partial charge in [-0.2, -0.15) is 0 Å². The van der Waals surface area contributed by atoms with Gasteiger partial charge < -0.3 is 45.9 Å². The molecule has 2 aromatic carbocycles. The largest absolute Gasteiger partial charge is 0.497 e. The molecule has 1 heterocycles. The van der Waals surface area contributed by atoms with Gasteiger partial charge in [-0.25, -0.2) is 4.79 Å². The number of aliphatic hydroxyl groups excluding tert-OH is 2. The van der Waals surface area contributed by atoms with Gasteiger partial charge in [-0.05, 0) is 41.5 Å². The molecule has 1 aliphatic rings. The molecular weight excluding hydrogens is 512 g/mol. The first kappa shape index (κ1) is 29.2. The van der Waals surface area contributed by atoms with Gasteiger partial charge in [0.15, 0.2) is 5.96 Å². The number of aliphatic carboxylic acids is 1. The summed E-state index contributed by atoms with van der Waals surface area (Å²) in [6.45, 7) is 2.18. The van der Waals surface area contributed by atoms with E-state index < -0.39 is 72.5 Å². The molecule has 13 nitrogen and oxygen atoms in total. The summed E-state index contributed by atoms with van der Waals surface area (Å²) in [5, 5.41) is 45.2. The lowest BCUT2D eigenvalue weighted by molar-refractivity contribution is -0.157. The van der Waals surface area contributed by atoms with Crippen LogP contribution in [0.25, 0.3) is 10.8 Å². The molecule has 0 radical (unpaired) electrons. The van der Waals surface area contributed by atoms with E-state index >= 15 is 0 Å². The monoisotopic (exact) mass is 544 g/mol. The highest BCUT2D eigenvalue weighted by Gasteiger charge is 2.44. The maximum absolute atomic E-state index is 12.8. The molecule has 0 fully saturated rings. The number of nitrogens with two attached hydrogens (primary N) is 1. The van der Waals surface area contributed by atoms with Crippen molar-refractivity contribution in [3.63, 3.8) is 0 Å². The molecular formula is C26H32N4O9. The van der Waals surface area contributed by atoms with Crippen LogP contribution in [-0.2, 0) is 23.9 Å². The number of guanidine groups is 1. The van der Waals surface area contributed by atoms with E-state index in [0.717, 1.165) is 16.8 Å². The number of nitrogens with one attached hydrogen (secondary N) is 3. The fourth-order valence-corrected chi connectivity index (χ4v) is 4.24. The smallest absolute Gasteiger partial charge is 0.370 e. The zero-order valence-electron chi connectivity index (χ0n) is 21.6. The molecule has 0 aromatic heterocycles. The third-order valence-corrected chi connectivity index (χ3v) is 6.29. The van der Waals surface area contributed by atoms with Gasteiger partial charge in [0.1, 0.15) is 30.7 Å². The molecule has 210 valence electrons. The third kappa shape index (κ3) is 7.15. The van der Waals surface area contributed by atoms with Gasteiger partial charge >= 0.3 is 11.9 Å². The maximum atomic E-state index is 12.8. The van der Waals surface area contributed by atoms with Crippen LogP contribution in [0.4, 0.5) is 0 Å². The minimum absolute atomic E-state index is 0.525. The first-order valence-corrected chi connectivity index (χ1v) is 12.0. The number of hydrogen-bond donors (Lipinski definition) is 7. The standard InChI is InChI=1S/C26H32N4O9/c1-12(14-4-5-16-9-17(37-3)7-6-15(16)8-14)25(36)38-11-19(32)22(33)23-21(29-13(2)31)18(30-26(27)28)10-20(39-23)24(34)35/h4-10,12,18-19,21-23,32-33H,11H2,1-3H3,(H,29,31)(H,34,35)(H4,27,28,30)/t12-,18-,19+,21+,22+,23+/m0/s1. The van der Waals surface area contributed by atoms with Crippen molar-refractivity contribution in [3.05, 3.63) is 53.8 Å². The Morgan fingerprint density at radius 1 is 1.13 bits per heavy atom. The van der Waals surface area contributed by atoms with Crippen molar-refractivity contribution in [2.24, 2.45) is 5.73 Å². The van der Waals surface area contributed by atoms with Gasteiger partial charge in [0, 0.05) is 6.92 Å². The van der Waals surface area contributed by atoms with Crippen LogP contribution in [0.15, 0.2) is 48.2 Å². The van der Waals surface area contributed by atoms with E-state index in [0.29, 0.717) is 11.3 Å². The number of carboxylic acids is 1. The van der Waals surface area contributed by atoms with Crippen molar-refractivity contribution in [2.75, 3.05) is 13.7 Å². The summed E-state index contributed by atoms with van der Waals surface area (Å²) < 4.78 is 15.8. The molecule has 39 heavy (non-hydrogen) atoms. The summed E-state index contributed by atoms with van der Waals surface area (Å²) in [5.41, 5.74) is 6.06. The van der Waals surface area contributed by atoms with Crippen LogP contribution in [0.2, 0.25) is 0 Å². The van der Waals surface area contributed by atoms with E-state index in [1.807, 2.05) is 24.3 Å². The minimum atomic E-state index is -1.81. The van der Waals surface area contributed by atoms with Crippen molar-refractivity contribution < 1.29 is 43.9 Å². The number of rotatable bonds is 10. The number of ether oxygens (including phenoxy) is 3. The van der Waals surface area contributed by atoms with Gasteiger partial charge in [-0.15, -0.1) is 0 Å². The Balaban J connectivity index is 1.71. The summed E-state index contributed by atoms with van der Waals surface area (Å²) in [5.74, 6) is -3.82. The molecule has 0 aliphatic carbocycles. The van der Waals surface area contributed by atoms with Gasteiger partial charge in [-0.1, -0.05) is 24.3 Å². The predicted octanol–water partition coefficient (Wildman–Crippen LogP) is -0.0594. The molecule has 1 amide bonds. The fourth-order valence-electron chi connectivity index (χ4n) is 4.24. The molecule has 1 aliphatic heterocycles. The molecule has 0 saturated carbocycles. The van der Waals surface area contributed by atoms with Crippen LogP contribution in [0.3, 0.4) is 0 Å². The van der Waals surface area contributed by atoms with Gasteiger partial charge in [0.05, 0.1) is 25.1 Å². The summed E-state index contributed by atoms with van der Waals surface area (Å²) in [6, 6.07) is 8.78.